The summed E-state index contributed by atoms with van der Waals surface area (Å²) in [4.78, 5) is 13.4. The number of benzene rings is 1. The Morgan fingerprint density at radius 2 is 1.75 bits per heavy atom. The zero-order valence-electron chi connectivity index (χ0n) is 28.5. The fraction of sp³-hybridized carbons (Fsp3) is 0.703. The monoisotopic (exact) mass is 672 g/mol. The summed E-state index contributed by atoms with van der Waals surface area (Å²) in [7, 11) is 1.53. The molecule has 4 fully saturated rings. The summed E-state index contributed by atoms with van der Waals surface area (Å²) in [6.07, 6.45) is 2.00. The molecule has 1 saturated heterocycles. The highest BCUT2D eigenvalue weighted by Gasteiger charge is 2.82. The summed E-state index contributed by atoms with van der Waals surface area (Å²) in [6.45, 7) is 6.66. The maximum absolute atomic E-state index is 13.4. The van der Waals surface area contributed by atoms with Gasteiger partial charge in [-0.3, -0.25) is 0 Å². The van der Waals surface area contributed by atoms with Crippen LogP contribution in [0.2, 0.25) is 0 Å². The third kappa shape index (κ3) is 5.07. The number of carbonyl (C=O) groups is 1. The summed E-state index contributed by atoms with van der Waals surface area (Å²) < 4.78 is 23.8. The molecule has 1 aromatic rings. The number of aliphatic hydroxyl groups excluding tert-OH is 2. The van der Waals surface area contributed by atoms with Crippen LogP contribution in [-0.2, 0) is 23.7 Å². The first-order valence-electron chi connectivity index (χ1n) is 17.2. The van der Waals surface area contributed by atoms with Gasteiger partial charge in [-0.15, -0.1) is 0 Å². The minimum Gasteiger partial charge on any atom is -0.458 e. The number of hydrogen-bond donors (Lipinski definition) is 6. The third-order valence-electron chi connectivity index (χ3n) is 13.3. The van der Waals surface area contributed by atoms with Crippen LogP contribution in [0.25, 0.3) is 6.08 Å². The van der Waals surface area contributed by atoms with E-state index >= 15 is 0 Å². The van der Waals surface area contributed by atoms with E-state index in [4.69, 9.17) is 18.9 Å². The predicted octanol–water partition coefficient (Wildman–Crippen LogP) is 2.39. The third-order valence-corrected chi connectivity index (χ3v) is 13.3. The Labute approximate surface area is 282 Å². The van der Waals surface area contributed by atoms with Gasteiger partial charge in [-0.25, -0.2) is 4.79 Å². The molecule has 1 aromatic carbocycles. The van der Waals surface area contributed by atoms with Crippen LogP contribution in [0.1, 0.15) is 78.2 Å². The van der Waals surface area contributed by atoms with Crippen molar-refractivity contribution in [3.8, 4) is 0 Å². The summed E-state index contributed by atoms with van der Waals surface area (Å²) >= 11 is 0. The second-order valence-electron chi connectivity index (χ2n) is 15.4. The van der Waals surface area contributed by atoms with Crippen LogP contribution in [-0.4, -0.2) is 109 Å². The van der Waals surface area contributed by atoms with Crippen LogP contribution < -0.4 is 0 Å². The van der Waals surface area contributed by atoms with Crippen molar-refractivity contribution < 1.29 is 54.4 Å². The number of hydrogen-bond acceptors (Lipinski definition) is 11. The fourth-order valence-electron chi connectivity index (χ4n) is 10.1. The Bertz CT molecular complexity index is 1420. The van der Waals surface area contributed by atoms with Gasteiger partial charge < -0.3 is 49.6 Å². The first-order valence-corrected chi connectivity index (χ1v) is 17.2. The van der Waals surface area contributed by atoms with E-state index in [-0.39, 0.29) is 25.7 Å². The summed E-state index contributed by atoms with van der Waals surface area (Å²) in [5.74, 6) is -1.49. The molecule has 0 amide bonds. The Balaban J connectivity index is 1.32. The summed E-state index contributed by atoms with van der Waals surface area (Å²) in [5, 5.41) is 71.1. The first kappa shape index (κ1) is 35.6. The molecule has 1 heterocycles. The number of methoxy groups -OCH3 is 1. The van der Waals surface area contributed by atoms with E-state index in [0.29, 0.717) is 19.3 Å². The molecule has 1 aliphatic heterocycles. The van der Waals surface area contributed by atoms with E-state index in [0.717, 1.165) is 5.56 Å². The van der Waals surface area contributed by atoms with Crippen molar-refractivity contribution in [3.63, 3.8) is 0 Å². The van der Waals surface area contributed by atoms with Crippen molar-refractivity contribution in [3.05, 3.63) is 54.1 Å². The summed E-state index contributed by atoms with van der Waals surface area (Å²) in [5.41, 5.74) is -9.22. The molecule has 4 aliphatic carbocycles. The molecule has 0 aromatic heterocycles. The minimum absolute atomic E-state index is 0.0145. The Kier molecular flexibility index (Phi) is 9.09. The largest absolute Gasteiger partial charge is 0.458 e. The molecule has 0 bridgehead atoms. The molecule has 6 rings (SSSR count). The minimum atomic E-state index is -2.03. The summed E-state index contributed by atoms with van der Waals surface area (Å²) in [6, 6.07) is 9.23. The molecular weight excluding hydrogens is 620 g/mol. The van der Waals surface area contributed by atoms with Gasteiger partial charge in [0.15, 0.2) is 6.29 Å². The number of fused-ring (bicyclic) bond motifs is 5. The Morgan fingerprint density at radius 3 is 2.42 bits per heavy atom. The molecule has 6 N–H and O–H groups in total. The van der Waals surface area contributed by atoms with Crippen molar-refractivity contribution in [1.29, 1.82) is 0 Å². The number of ether oxygens (including phenoxy) is 4. The SMILES string of the molecule is COC1CC(OC2CCC3(C)C4CC(OC(=O)C=Cc5ccccc5)C5(C)C(O)(C(C)O)CCC5(O)C4(O)C=CC3(O)C2)OC(C)C1O. The molecule has 11 heteroatoms. The van der Waals surface area contributed by atoms with Crippen LogP contribution in [0.15, 0.2) is 48.6 Å². The molecule has 14 unspecified atom stereocenters. The molecular formula is C37H52O11. The van der Waals surface area contributed by atoms with Gasteiger partial charge in [0.05, 0.1) is 35.4 Å². The molecule has 266 valence electrons. The maximum atomic E-state index is 13.4. The average molecular weight is 673 g/mol. The van der Waals surface area contributed by atoms with Gasteiger partial charge in [0.1, 0.15) is 29.0 Å². The predicted molar refractivity (Wildman–Crippen MR) is 174 cm³/mol. The van der Waals surface area contributed by atoms with Crippen molar-refractivity contribution in [2.75, 3.05) is 7.11 Å². The lowest BCUT2D eigenvalue weighted by Gasteiger charge is -2.68. The van der Waals surface area contributed by atoms with Crippen LogP contribution in [0.5, 0.6) is 0 Å². The smallest absolute Gasteiger partial charge is 0.331 e. The molecule has 3 saturated carbocycles. The second-order valence-corrected chi connectivity index (χ2v) is 15.4. The molecule has 5 aliphatic rings. The Morgan fingerprint density at radius 1 is 1.04 bits per heavy atom. The van der Waals surface area contributed by atoms with Crippen LogP contribution in [0, 0.1) is 16.7 Å². The van der Waals surface area contributed by atoms with Gasteiger partial charge >= 0.3 is 5.97 Å². The van der Waals surface area contributed by atoms with Crippen molar-refractivity contribution >= 4 is 12.0 Å². The topological polar surface area (TPSA) is 175 Å². The highest BCUT2D eigenvalue weighted by atomic mass is 16.7. The van der Waals surface area contributed by atoms with Gasteiger partial charge in [-0.2, -0.15) is 0 Å². The average Bonchev–Trinajstić information content (AvgIpc) is 3.28. The van der Waals surface area contributed by atoms with Crippen LogP contribution >= 0.6 is 0 Å². The standard InChI is InChI=1S/C37H52O11/c1-22-31(40)26(45-5)19-30(46-22)47-25-13-14-32(3)27-20-28(48-29(39)12-11-24-9-7-6-8-10-24)33(4)35(42,23(2)38)17-18-37(33,44)36(27,43)16-15-34(32,41)21-25/h6-12,15-16,22-23,25-28,30-31,38,40-44H,13-14,17-21H2,1-5H3. The molecule has 0 spiro atoms. The van der Waals surface area contributed by atoms with E-state index in [9.17, 15) is 35.4 Å². The zero-order chi connectivity index (χ0) is 34.9. The highest BCUT2D eigenvalue weighted by molar-refractivity contribution is 5.87. The Hall–Kier alpha value is -2.19. The van der Waals surface area contributed by atoms with Gasteiger partial charge in [-0.05, 0) is 57.6 Å². The van der Waals surface area contributed by atoms with Gasteiger partial charge in [0, 0.05) is 37.4 Å². The highest BCUT2D eigenvalue weighted by Crippen LogP contribution is 2.71. The number of rotatable bonds is 7. The number of esters is 1. The number of aliphatic hydroxyl groups is 6. The van der Waals surface area contributed by atoms with Crippen LogP contribution in [0.4, 0.5) is 0 Å². The van der Waals surface area contributed by atoms with Crippen molar-refractivity contribution in [1.82, 2.24) is 0 Å². The lowest BCUT2D eigenvalue weighted by atomic mass is 9.41. The van der Waals surface area contributed by atoms with E-state index in [1.54, 1.807) is 26.0 Å². The van der Waals surface area contributed by atoms with E-state index in [2.05, 4.69) is 0 Å². The molecule has 0 radical (unpaired) electrons. The van der Waals surface area contributed by atoms with Gasteiger partial charge in [-0.1, -0.05) is 56.3 Å². The quantitative estimate of drug-likeness (QED) is 0.143. The van der Waals surface area contributed by atoms with E-state index < -0.39 is 88.0 Å². The normalized spacial score (nSPS) is 49.2. The molecule has 11 nitrogen and oxygen atoms in total. The number of carbonyl (C=O) groups excluding carboxylic acids is 1. The van der Waals surface area contributed by atoms with Crippen LogP contribution in [0.3, 0.4) is 0 Å². The maximum Gasteiger partial charge on any atom is 0.331 e. The van der Waals surface area contributed by atoms with Gasteiger partial charge in [0.2, 0.25) is 0 Å². The molecule has 48 heavy (non-hydrogen) atoms. The fourth-order valence-corrected chi connectivity index (χ4v) is 10.1. The zero-order valence-corrected chi connectivity index (χ0v) is 28.5. The van der Waals surface area contributed by atoms with Crippen molar-refractivity contribution in [2.24, 2.45) is 16.7 Å². The second kappa shape index (κ2) is 12.2. The lowest BCUT2D eigenvalue weighted by molar-refractivity contribution is -0.330. The lowest BCUT2D eigenvalue weighted by Crippen LogP contribution is -2.80. The van der Waals surface area contributed by atoms with E-state index in [1.165, 1.54) is 26.2 Å². The molecule has 14 atom stereocenters. The van der Waals surface area contributed by atoms with Crippen molar-refractivity contribution in [2.45, 2.75) is 138 Å². The first-order chi connectivity index (χ1) is 22.5. The van der Waals surface area contributed by atoms with Gasteiger partial charge in [0.25, 0.3) is 0 Å². The van der Waals surface area contributed by atoms with E-state index in [1.807, 2.05) is 37.3 Å².